The van der Waals surface area contributed by atoms with Crippen molar-refractivity contribution >= 4 is 74.4 Å². The number of nitrogens with zero attached hydrogens (tertiary/aromatic N) is 5. The van der Waals surface area contributed by atoms with E-state index < -0.39 is 41.9 Å². The smallest absolute Gasteiger partial charge is 0.294 e. The minimum absolute atomic E-state index is 0.00454. The third-order valence-electron chi connectivity index (χ3n) is 4.71. The van der Waals surface area contributed by atoms with Crippen LogP contribution in [0.25, 0.3) is 10.2 Å². The van der Waals surface area contributed by atoms with Crippen LogP contribution in [-0.4, -0.2) is 73.5 Å². The van der Waals surface area contributed by atoms with Gasteiger partial charge in [-0.1, -0.05) is 11.3 Å². The number of pyridine rings is 1. The van der Waals surface area contributed by atoms with Crippen LogP contribution in [0.3, 0.4) is 0 Å². The number of azo groups is 1. The van der Waals surface area contributed by atoms with Crippen LogP contribution in [0.2, 0.25) is 0 Å². The molecule has 0 amide bonds. The number of anilines is 2. The van der Waals surface area contributed by atoms with Gasteiger partial charge in [0.2, 0.25) is 5.13 Å². The Labute approximate surface area is 220 Å². The number of benzene rings is 1. The van der Waals surface area contributed by atoms with Crippen LogP contribution in [0.4, 0.5) is 22.5 Å². The molecule has 38 heavy (non-hydrogen) atoms. The zero-order chi connectivity index (χ0) is 28.3. The number of aromatic nitrogens is 2. The van der Waals surface area contributed by atoms with Gasteiger partial charge in [0, 0.05) is 18.7 Å². The first-order valence-electron chi connectivity index (χ1n) is 10.2. The third kappa shape index (κ3) is 7.84. The maximum atomic E-state index is 11.4. The van der Waals surface area contributed by atoms with Crippen LogP contribution < -0.4 is 10.6 Å². The van der Waals surface area contributed by atoms with Gasteiger partial charge in [-0.05, 0) is 25.1 Å². The van der Waals surface area contributed by atoms with Gasteiger partial charge in [0.05, 0.1) is 32.2 Å². The minimum atomic E-state index is -4.43. The van der Waals surface area contributed by atoms with Gasteiger partial charge in [-0.3, -0.25) is 13.7 Å². The number of nitriles is 1. The highest BCUT2D eigenvalue weighted by atomic mass is 32.2. The van der Waals surface area contributed by atoms with Gasteiger partial charge in [0.25, 0.3) is 30.4 Å². The van der Waals surface area contributed by atoms with Crippen molar-refractivity contribution < 1.29 is 38.9 Å². The second-order valence-electron chi connectivity index (χ2n) is 7.50. The minimum Gasteiger partial charge on any atom is -0.368 e. The zero-order valence-electron chi connectivity index (χ0n) is 19.2. The summed E-state index contributed by atoms with van der Waals surface area (Å²) >= 11 is 0.948. The second kappa shape index (κ2) is 11.2. The molecular formula is C18H19N7O9S4. The lowest BCUT2D eigenvalue weighted by molar-refractivity contribution is 0.481. The van der Waals surface area contributed by atoms with E-state index in [0.717, 1.165) is 17.4 Å². The highest BCUT2D eigenvalue weighted by Crippen LogP contribution is 2.36. The maximum absolute atomic E-state index is 11.4. The molecule has 0 fully saturated rings. The molecule has 204 valence electrons. The average molecular weight is 606 g/mol. The topological polar surface area (TPSA) is 261 Å². The summed E-state index contributed by atoms with van der Waals surface area (Å²) in [7, 11) is -13.1. The van der Waals surface area contributed by atoms with Crippen LogP contribution in [0.15, 0.2) is 33.3 Å². The van der Waals surface area contributed by atoms with Crippen molar-refractivity contribution in [1.29, 1.82) is 5.26 Å². The number of nitrogens with one attached hydrogen (secondary N) is 2. The highest BCUT2D eigenvalue weighted by molar-refractivity contribution is 7.86. The molecule has 16 nitrogen and oxygen atoms in total. The average Bonchev–Trinajstić information content (AvgIpc) is 3.18. The first-order chi connectivity index (χ1) is 17.6. The lowest BCUT2D eigenvalue weighted by Gasteiger charge is -2.15. The summed E-state index contributed by atoms with van der Waals surface area (Å²) in [5.41, 5.74) is 0.533. The molecular weight excluding hydrogens is 587 g/mol. The second-order valence-corrected chi connectivity index (χ2v) is 13.1. The van der Waals surface area contributed by atoms with Gasteiger partial charge < -0.3 is 10.6 Å². The predicted molar refractivity (Wildman–Crippen MR) is 137 cm³/mol. The fraction of sp³-hybridized carbons (Fsp3) is 0.278. The molecule has 0 aliphatic rings. The first kappa shape index (κ1) is 29.2. The summed E-state index contributed by atoms with van der Waals surface area (Å²) in [5.74, 6) is -1.52. The Morgan fingerprint density at radius 2 is 1.55 bits per heavy atom. The largest absolute Gasteiger partial charge is 0.368 e. The Morgan fingerprint density at radius 1 is 0.947 bits per heavy atom. The molecule has 0 spiro atoms. The van der Waals surface area contributed by atoms with Crippen molar-refractivity contribution in [2.45, 2.75) is 11.8 Å². The van der Waals surface area contributed by atoms with E-state index in [1.165, 1.54) is 19.1 Å². The summed E-state index contributed by atoms with van der Waals surface area (Å²) in [4.78, 5) is 8.04. The van der Waals surface area contributed by atoms with Crippen LogP contribution in [-0.2, 0) is 30.4 Å². The van der Waals surface area contributed by atoms with Crippen molar-refractivity contribution in [2.24, 2.45) is 10.2 Å². The molecule has 3 aromatic rings. The van der Waals surface area contributed by atoms with Crippen molar-refractivity contribution in [3.63, 3.8) is 0 Å². The predicted octanol–water partition coefficient (Wildman–Crippen LogP) is 2.13. The van der Waals surface area contributed by atoms with Gasteiger partial charge in [-0.2, -0.15) is 30.5 Å². The van der Waals surface area contributed by atoms with Gasteiger partial charge in [-0.25, -0.2) is 9.97 Å². The van der Waals surface area contributed by atoms with Crippen molar-refractivity contribution in [3.05, 3.63) is 29.3 Å². The summed E-state index contributed by atoms with van der Waals surface area (Å²) < 4.78 is 94.6. The van der Waals surface area contributed by atoms with E-state index in [0.29, 0.717) is 10.2 Å². The summed E-state index contributed by atoms with van der Waals surface area (Å²) in [6.45, 7) is 0.861. The molecule has 2 heterocycles. The quantitative estimate of drug-likeness (QED) is 0.155. The van der Waals surface area contributed by atoms with Gasteiger partial charge in [0.1, 0.15) is 17.6 Å². The molecule has 0 aliphatic carbocycles. The third-order valence-corrected chi connectivity index (χ3v) is 7.91. The monoisotopic (exact) mass is 605 g/mol. The molecule has 5 N–H and O–H groups in total. The molecule has 0 radical (unpaired) electrons. The van der Waals surface area contributed by atoms with E-state index in [2.05, 4.69) is 30.8 Å². The lowest BCUT2D eigenvalue weighted by Crippen LogP contribution is -2.18. The molecule has 1 aromatic carbocycles. The van der Waals surface area contributed by atoms with Crippen LogP contribution >= 0.6 is 11.3 Å². The van der Waals surface area contributed by atoms with E-state index in [4.69, 9.17) is 9.11 Å². The Morgan fingerprint density at radius 3 is 2.11 bits per heavy atom. The number of hydrogen-bond acceptors (Lipinski definition) is 14. The number of fused-ring (bicyclic) bond motifs is 1. The Kier molecular flexibility index (Phi) is 8.62. The Hall–Kier alpha value is -3.32. The lowest BCUT2D eigenvalue weighted by atomic mass is 10.1. The number of rotatable bonds is 11. The molecule has 0 aliphatic heterocycles. The molecule has 20 heteroatoms. The summed E-state index contributed by atoms with van der Waals surface area (Å²) in [6.07, 6.45) is 0. The standard InChI is InChI=1S/C18H19N7O9S4/c1-10-12(9-19)16(20-4-6-36(26,27)28)23-17(21-5-7-37(29,30)31)15(10)24-25-18-22-13-3-2-11(38(32,33)34)8-14(13)35-18/h2-3,8H,4-7H2,1H3,(H2,20,21,23)(H,26,27,28)(H,29,30,31)(H,32,33,34). The number of thiazole rings is 1. The van der Waals surface area contributed by atoms with E-state index in [-0.39, 0.29) is 51.6 Å². The fourth-order valence-corrected chi connectivity index (χ4v) is 5.12. The van der Waals surface area contributed by atoms with E-state index in [1.54, 1.807) is 0 Å². The SMILES string of the molecule is Cc1c(C#N)c(NCCS(=O)(=O)O)nc(NCCS(=O)(=O)O)c1N=Nc1nc2ccc(S(=O)(=O)O)cc2s1. The maximum Gasteiger partial charge on any atom is 0.294 e. The van der Waals surface area contributed by atoms with Crippen LogP contribution in [0, 0.1) is 18.3 Å². The van der Waals surface area contributed by atoms with E-state index in [1.807, 2.05) is 6.07 Å². The molecule has 0 atom stereocenters. The normalized spacial score (nSPS) is 12.6. The van der Waals surface area contributed by atoms with Crippen molar-refractivity contribution in [3.8, 4) is 6.07 Å². The Balaban J connectivity index is 2.02. The molecule has 0 saturated carbocycles. The van der Waals surface area contributed by atoms with Crippen molar-refractivity contribution in [2.75, 3.05) is 35.2 Å². The molecule has 0 saturated heterocycles. The number of hydrogen-bond donors (Lipinski definition) is 5. The molecule has 0 bridgehead atoms. The van der Waals surface area contributed by atoms with Gasteiger partial charge in [-0.15, -0.1) is 10.2 Å². The summed E-state index contributed by atoms with van der Waals surface area (Å²) in [6, 6.07) is 5.64. The summed E-state index contributed by atoms with van der Waals surface area (Å²) in [5, 5.41) is 23.1. The first-order valence-corrected chi connectivity index (χ1v) is 15.7. The zero-order valence-corrected chi connectivity index (χ0v) is 22.5. The molecule has 3 rings (SSSR count). The van der Waals surface area contributed by atoms with E-state index in [9.17, 15) is 35.1 Å². The molecule has 0 unspecified atom stereocenters. The Bertz CT molecular complexity index is 1780. The van der Waals surface area contributed by atoms with Crippen molar-refractivity contribution in [1.82, 2.24) is 9.97 Å². The van der Waals surface area contributed by atoms with Crippen LogP contribution in [0.5, 0.6) is 0 Å². The van der Waals surface area contributed by atoms with Gasteiger partial charge >= 0.3 is 0 Å². The van der Waals surface area contributed by atoms with E-state index >= 15 is 0 Å². The van der Waals surface area contributed by atoms with Gasteiger partial charge in [0.15, 0.2) is 5.82 Å². The highest BCUT2D eigenvalue weighted by Gasteiger charge is 2.19. The molecule has 2 aromatic heterocycles. The van der Waals surface area contributed by atoms with Crippen LogP contribution in [0.1, 0.15) is 11.1 Å². The fourth-order valence-electron chi connectivity index (χ4n) is 2.99.